The molecule has 8 nitrogen and oxygen atoms in total. The SMILES string of the molecule is CC(C)OCCCCNC(=O)NC(CCC(N)=O)C(=O)O. The molecule has 5 N–H and O–H groups in total. The number of carboxylic acid groups (broad SMARTS) is 1. The lowest BCUT2D eigenvalue weighted by Gasteiger charge is -2.14. The van der Waals surface area contributed by atoms with Crippen LogP contribution in [0.15, 0.2) is 0 Å². The Kier molecular flexibility index (Phi) is 9.95. The number of amides is 3. The van der Waals surface area contributed by atoms with E-state index in [1.165, 1.54) is 0 Å². The van der Waals surface area contributed by atoms with Crippen LogP contribution in [0.5, 0.6) is 0 Å². The molecule has 8 heteroatoms. The largest absolute Gasteiger partial charge is 0.480 e. The first kappa shape index (κ1) is 19.2. The molecular weight excluding hydrogens is 278 g/mol. The Bertz CT molecular complexity index is 347. The van der Waals surface area contributed by atoms with Crippen molar-refractivity contribution in [3.63, 3.8) is 0 Å². The third-order valence-corrected chi connectivity index (χ3v) is 2.59. The average molecular weight is 303 g/mol. The Morgan fingerprint density at radius 2 is 1.90 bits per heavy atom. The molecule has 0 saturated carbocycles. The van der Waals surface area contributed by atoms with Crippen molar-refractivity contribution in [2.24, 2.45) is 5.73 Å². The number of primary amides is 1. The van der Waals surface area contributed by atoms with E-state index in [9.17, 15) is 14.4 Å². The number of hydrogen-bond donors (Lipinski definition) is 4. The van der Waals surface area contributed by atoms with Crippen molar-refractivity contribution in [3.05, 3.63) is 0 Å². The second-order valence-electron chi connectivity index (χ2n) is 4.92. The van der Waals surface area contributed by atoms with Crippen LogP contribution in [0.3, 0.4) is 0 Å². The fraction of sp³-hybridized carbons (Fsp3) is 0.769. The lowest BCUT2D eigenvalue weighted by atomic mass is 10.1. The summed E-state index contributed by atoms with van der Waals surface area (Å²) < 4.78 is 5.35. The summed E-state index contributed by atoms with van der Waals surface area (Å²) >= 11 is 0. The zero-order valence-corrected chi connectivity index (χ0v) is 12.6. The monoisotopic (exact) mass is 303 g/mol. The van der Waals surface area contributed by atoms with Crippen LogP contribution in [-0.2, 0) is 14.3 Å². The predicted octanol–water partition coefficient (Wildman–Crippen LogP) is 0.210. The van der Waals surface area contributed by atoms with Crippen molar-refractivity contribution >= 4 is 17.9 Å². The normalized spacial score (nSPS) is 12.0. The summed E-state index contributed by atoms with van der Waals surface area (Å²) in [6, 6.07) is -1.70. The van der Waals surface area contributed by atoms with Gasteiger partial charge in [0.05, 0.1) is 6.10 Å². The van der Waals surface area contributed by atoms with Crippen molar-refractivity contribution in [2.75, 3.05) is 13.2 Å². The van der Waals surface area contributed by atoms with Crippen molar-refractivity contribution in [2.45, 2.75) is 51.7 Å². The van der Waals surface area contributed by atoms with Crippen LogP contribution in [0, 0.1) is 0 Å². The van der Waals surface area contributed by atoms with Gasteiger partial charge in [0.15, 0.2) is 0 Å². The first-order chi connectivity index (χ1) is 9.82. The highest BCUT2D eigenvalue weighted by molar-refractivity contribution is 5.83. The number of carboxylic acids is 1. The van der Waals surface area contributed by atoms with Crippen molar-refractivity contribution < 1.29 is 24.2 Å². The summed E-state index contributed by atoms with van der Waals surface area (Å²) in [6.45, 7) is 4.94. The third kappa shape index (κ3) is 11.7. The fourth-order valence-corrected chi connectivity index (χ4v) is 1.50. The number of carbonyl (C=O) groups excluding carboxylic acids is 2. The Labute approximate surface area is 124 Å². The standard InChI is InChI=1S/C13H25N3O5/c1-9(2)21-8-4-3-7-15-13(20)16-10(12(18)19)5-6-11(14)17/h9-10H,3-8H2,1-2H3,(H2,14,17)(H,18,19)(H2,15,16,20). The van der Waals surface area contributed by atoms with Gasteiger partial charge in [-0.1, -0.05) is 0 Å². The quantitative estimate of drug-likeness (QED) is 0.405. The molecule has 0 spiro atoms. The first-order valence-electron chi connectivity index (χ1n) is 7.00. The summed E-state index contributed by atoms with van der Waals surface area (Å²) in [5, 5.41) is 13.8. The van der Waals surface area contributed by atoms with Crippen LogP contribution in [0.4, 0.5) is 4.79 Å². The molecule has 0 rings (SSSR count). The highest BCUT2D eigenvalue weighted by Gasteiger charge is 2.20. The minimum Gasteiger partial charge on any atom is -0.480 e. The van der Waals surface area contributed by atoms with Gasteiger partial charge in [-0.2, -0.15) is 0 Å². The molecule has 0 aliphatic heterocycles. The summed E-state index contributed by atoms with van der Waals surface area (Å²) in [5.41, 5.74) is 4.95. The number of hydrogen-bond acceptors (Lipinski definition) is 4. The van der Waals surface area contributed by atoms with Crippen molar-refractivity contribution in [1.29, 1.82) is 0 Å². The molecule has 0 heterocycles. The van der Waals surface area contributed by atoms with Gasteiger partial charge in [0.2, 0.25) is 5.91 Å². The molecule has 1 atom stereocenters. The molecule has 0 aliphatic rings. The van der Waals surface area contributed by atoms with Crippen LogP contribution in [0.1, 0.15) is 39.5 Å². The molecule has 0 aromatic rings. The molecule has 1 unspecified atom stereocenters. The Balaban J connectivity index is 3.83. The van der Waals surface area contributed by atoms with Gasteiger partial charge in [-0.25, -0.2) is 9.59 Å². The van der Waals surface area contributed by atoms with E-state index in [0.29, 0.717) is 13.2 Å². The van der Waals surface area contributed by atoms with Crippen LogP contribution < -0.4 is 16.4 Å². The van der Waals surface area contributed by atoms with E-state index in [1.54, 1.807) is 0 Å². The summed E-state index contributed by atoms with van der Waals surface area (Å²) in [7, 11) is 0. The first-order valence-corrected chi connectivity index (χ1v) is 7.00. The van der Waals surface area contributed by atoms with Crippen LogP contribution in [0.25, 0.3) is 0 Å². The third-order valence-electron chi connectivity index (χ3n) is 2.59. The second-order valence-corrected chi connectivity index (χ2v) is 4.92. The van der Waals surface area contributed by atoms with Gasteiger partial charge in [0, 0.05) is 19.6 Å². The predicted molar refractivity (Wildman–Crippen MR) is 76.7 cm³/mol. The Hall–Kier alpha value is -1.83. The molecule has 0 fully saturated rings. The number of nitrogens with two attached hydrogens (primary N) is 1. The van der Waals surface area contributed by atoms with Crippen molar-refractivity contribution in [1.82, 2.24) is 10.6 Å². The molecular formula is C13H25N3O5. The van der Waals surface area contributed by atoms with Gasteiger partial charge < -0.3 is 26.2 Å². The van der Waals surface area contributed by atoms with Gasteiger partial charge in [-0.15, -0.1) is 0 Å². The minimum absolute atomic E-state index is 0.0275. The van der Waals surface area contributed by atoms with Gasteiger partial charge in [-0.3, -0.25) is 4.79 Å². The van der Waals surface area contributed by atoms with E-state index in [4.69, 9.17) is 15.6 Å². The highest BCUT2D eigenvalue weighted by Crippen LogP contribution is 1.97. The number of carbonyl (C=O) groups is 3. The molecule has 122 valence electrons. The summed E-state index contributed by atoms with van der Waals surface area (Å²) in [4.78, 5) is 33.0. The number of ether oxygens (including phenoxy) is 1. The van der Waals surface area contributed by atoms with Crippen molar-refractivity contribution in [3.8, 4) is 0 Å². The smallest absolute Gasteiger partial charge is 0.326 e. The lowest BCUT2D eigenvalue weighted by molar-refractivity contribution is -0.139. The van der Waals surface area contributed by atoms with E-state index >= 15 is 0 Å². The number of urea groups is 1. The van der Waals surface area contributed by atoms with E-state index in [-0.39, 0.29) is 18.9 Å². The number of unbranched alkanes of at least 4 members (excludes halogenated alkanes) is 1. The molecule has 0 aromatic carbocycles. The molecule has 0 aliphatic carbocycles. The lowest BCUT2D eigenvalue weighted by Crippen LogP contribution is -2.46. The Morgan fingerprint density at radius 1 is 1.24 bits per heavy atom. The molecule has 3 amide bonds. The van der Waals surface area contributed by atoms with Gasteiger partial charge in [-0.05, 0) is 33.1 Å². The van der Waals surface area contributed by atoms with Gasteiger partial charge >= 0.3 is 12.0 Å². The summed E-state index contributed by atoms with van der Waals surface area (Å²) in [6.07, 6.45) is 1.61. The maximum Gasteiger partial charge on any atom is 0.326 e. The molecule has 0 aromatic heterocycles. The van der Waals surface area contributed by atoms with Crippen LogP contribution >= 0.6 is 0 Å². The topological polar surface area (TPSA) is 131 Å². The minimum atomic E-state index is -1.20. The van der Waals surface area contributed by atoms with Gasteiger partial charge in [0.25, 0.3) is 0 Å². The number of rotatable bonds is 11. The van der Waals surface area contributed by atoms with E-state index in [0.717, 1.165) is 12.8 Å². The summed E-state index contributed by atoms with van der Waals surface area (Å²) in [5.74, 6) is -1.80. The van der Waals surface area contributed by atoms with E-state index < -0.39 is 23.9 Å². The Morgan fingerprint density at radius 3 is 2.43 bits per heavy atom. The van der Waals surface area contributed by atoms with E-state index in [1.807, 2.05) is 13.8 Å². The molecule has 0 bridgehead atoms. The number of aliphatic carboxylic acids is 1. The van der Waals surface area contributed by atoms with Crippen LogP contribution in [-0.4, -0.2) is 48.3 Å². The molecule has 0 radical (unpaired) electrons. The second kappa shape index (κ2) is 10.9. The van der Waals surface area contributed by atoms with Gasteiger partial charge in [0.1, 0.15) is 6.04 Å². The maximum atomic E-state index is 11.5. The average Bonchev–Trinajstić information content (AvgIpc) is 2.37. The van der Waals surface area contributed by atoms with E-state index in [2.05, 4.69) is 10.6 Å². The number of nitrogens with one attached hydrogen (secondary N) is 2. The van der Waals surface area contributed by atoms with Crippen LogP contribution in [0.2, 0.25) is 0 Å². The molecule has 0 saturated heterocycles. The molecule has 21 heavy (non-hydrogen) atoms. The maximum absolute atomic E-state index is 11.5. The zero-order chi connectivity index (χ0) is 16.3. The zero-order valence-electron chi connectivity index (χ0n) is 12.6. The fourth-order valence-electron chi connectivity index (χ4n) is 1.50. The highest BCUT2D eigenvalue weighted by atomic mass is 16.5.